The second kappa shape index (κ2) is 18.9. The molecule has 2 amide bonds. The first-order valence-electron chi connectivity index (χ1n) is 16.3. The molecule has 254 valence electrons. The summed E-state index contributed by atoms with van der Waals surface area (Å²) in [6.45, 7) is 9.14. The number of para-hydroxylation sites is 2. The van der Waals surface area contributed by atoms with Gasteiger partial charge in [-0.05, 0) is 65.8 Å². The minimum atomic E-state index is -0.795. The average molecular weight is 698 g/mol. The van der Waals surface area contributed by atoms with E-state index < -0.39 is 17.9 Å². The molecule has 1 N–H and O–H groups in total. The maximum absolute atomic E-state index is 12.6. The van der Waals surface area contributed by atoms with Gasteiger partial charge in [0.05, 0.1) is 17.4 Å². The topological polar surface area (TPSA) is 77.9 Å². The highest BCUT2D eigenvalue weighted by molar-refractivity contribution is 6.40. The SMILES string of the molecule is C=C(Cc1ccccc1)C(=O)C1CCN(c2ccccc2)C1=O.C=C(Cc1ccccc1)C(O)C1CCN(c2ccccc2)C1=O.ClCCl. The van der Waals surface area contributed by atoms with Crippen molar-refractivity contribution in [2.24, 2.45) is 11.8 Å². The van der Waals surface area contributed by atoms with Crippen LogP contribution in [0.15, 0.2) is 146 Å². The first-order valence-corrected chi connectivity index (χ1v) is 17.3. The monoisotopic (exact) mass is 696 g/mol. The predicted molar refractivity (Wildman–Crippen MR) is 200 cm³/mol. The van der Waals surface area contributed by atoms with Crippen LogP contribution in [0.3, 0.4) is 0 Å². The minimum Gasteiger partial charge on any atom is -0.388 e. The predicted octanol–water partition coefficient (Wildman–Crippen LogP) is 8.03. The Morgan fingerprint density at radius 3 is 1.57 bits per heavy atom. The number of nitrogens with zero attached hydrogens (tertiary/aromatic N) is 2. The van der Waals surface area contributed by atoms with Crippen LogP contribution in [0.5, 0.6) is 0 Å². The number of benzene rings is 4. The summed E-state index contributed by atoms with van der Waals surface area (Å²) < 4.78 is 0. The number of ketones is 1. The Hall–Kier alpha value is -4.49. The van der Waals surface area contributed by atoms with E-state index in [2.05, 4.69) is 13.2 Å². The first kappa shape index (κ1) is 37.3. The van der Waals surface area contributed by atoms with Crippen LogP contribution in [-0.4, -0.2) is 47.2 Å². The number of carbonyl (C=O) groups is 3. The van der Waals surface area contributed by atoms with Crippen molar-refractivity contribution in [1.29, 1.82) is 0 Å². The highest BCUT2D eigenvalue weighted by atomic mass is 35.5. The lowest BCUT2D eigenvalue weighted by Gasteiger charge is -2.21. The van der Waals surface area contributed by atoms with E-state index in [-0.39, 0.29) is 22.9 Å². The highest BCUT2D eigenvalue weighted by Crippen LogP contribution is 2.30. The van der Waals surface area contributed by atoms with Crippen LogP contribution in [0.1, 0.15) is 24.0 Å². The van der Waals surface area contributed by atoms with E-state index in [1.54, 1.807) is 9.80 Å². The zero-order valence-electron chi connectivity index (χ0n) is 27.5. The molecule has 49 heavy (non-hydrogen) atoms. The molecule has 0 bridgehead atoms. The van der Waals surface area contributed by atoms with Gasteiger partial charge in [0.2, 0.25) is 11.8 Å². The molecule has 3 unspecified atom stereocenters. The Morgan fingerprint density at radius 1 is 0.673 bits per heavy atom. The maximum atomic E-state index is 12.6. The van der Waals surface area contributed by atoms with Crippen LogP contribution in [-0.2, 0) is 27.2 Å². The van der Waals surface area contributed by atoms with Crippen LogP contribution in [0.4, 0.5) is 11.4 Å². The molecule has 0 saturated carbocycles. The molecule has 3 atom stereocenters. The molecule has 2 aliphatic rings. The van der Waals surface area contributed by atoms with Crippen molar-refractivity contribution in [3.05, 3.63) is 157 Å². The van der Waals surface area contributed by atoms with Crippen LogP contribution in [0.2, 0.25) is 0 Å². The number of amides is 2. The number of alkyl halides is 2. The summed E-state index contributed by atoms with van der Waals surface area (Å²) in [7, 11) is 0. The molecule has 2 fully saturated rings. The third-order valence-electron chi connectivity index (χ3n) is 8.59. The standard InChI is InChI=1S/C20H21NO2.C20H19NO2.CH2Cl2/c2*1-15(14-16-8-4-2-5-9-16)19(22)18-12-13-21(20(18)23)17-10-6-3-7-11-17;2-1-3/h2-11,18-19,22H,1,12-14H2;2-11,18H,1,12-14H2;1H2. The number of allylic oxidation sites excluding steroid dienone is 1. The fourth-order valence-corrected chi connectivity index (χ4v) is 6.07. The van der Waals surface area contributed by atoms with Crippen LogP contribution >= 0.6 is 23.2 Å². The van der Waals surface area contributed by atoms with Crippen LogP contribution < -0.4 is 9.80 Å². The smallest absolute Gasteiger partial charge is 0.237 e. The molecule has 2 saturated heterocycles. The fraction of sp³-hybridized carbons (Fsp3) is 0.244. The van der Waals surface area contributed by atoms with E-state index in [0.717, 1.165) is 22.5 Å². The fourth-order valence-electron chi connectivity index (χ4n) is 6.07. The van der Waals surface area contributed by atoms with Gasteiger partial charge in [0.15, 0.2) is 5.78 Å². The van der Waals surface area contributed by atoms with E-state index in [9.17, 15) is 19.5 Å². The van der Waals surface area contributed by atoms with Crippen molar-refractivity contribution in [3.63, 3.8) is 0 Å². The quantitative estimate of drug-likeness (QED) is 0.0788. The molecular weight excluding hydrogens is 655 g/mol. The summed E-state index contributed by atoms with van der Waals surface area (Å²) >= 11 is 9.53. The van der Waals surface area contributed by atoms with Gasteiger partial charge in [0.1, 0.15) is 5.92 Å². The Kier molecular flexibility index (Phi) is 14.4. The largest absolute Gasteiger partial charge is 0.388 e. The molecule has 0 aromatic heterocycles. The second-order valence-corrected chi connectivity index (χ2v) is 12.7. The van der Waals surface area contributed by atoms with Crippen LogP contribution in [0, 0.1) is 11.8 Å². The number of Topliss-reactive ketones (excluding diaryl/α,β-unsaturated/α-hetero) is 1. The molecule has 4 aromatic carbocycles. The Bertz CT molecular complexity index is 1680. The van der Waals surface area contributed by atoms with Gasteiger partial charge in [-0.15, -0.1) is 23.2 Å². The highest BCUT2D eigenvalue weighted by Gasteiger charge is 2.39. The van der Waals surface area contributed by atoms with Crippen molar-refractivity contribution < 1.29 is 19.5 Å². The lowest BCUT2D eigenvalue weighted by molar-refractivity contribution is -0.128. The van der Waals surface area contributed by atoms with Gasteiger partial charge in [0.25, 0.3) is 0 Å². The number of aliphatic hydroxyl groups is 1. The van der Waals surface area contributed by atoms with Crippen molar-refractivity contribution in [1.82, 2.24) is 0 Å². The Morgan fingerprint density at radius 2 is 1.08 bits per heavy atom. The molecule has 2 aliphatic heterocycles. The lowest BCUT2D eigenvalue weighted by Crippen LogP contribution is -2.33. The molecular formula is C41H42Cl2N2O4. The summed E-state index contributed by atoms with van der Waals surface area (Å²) in [6.07, 6.45) is 1.51. The number of aliphatic hydroxyl groups excluding tert-OH is 1. The van der Waals surface area contributed by atoms with Crippen molar-refractivity contribution in [2.45, 2.75) is 31.8 Å². The summed E-state index contributed by atoms with van der Waals surface area (Å²) in [5.74, 6) is -1.25. The van der Waals surface area contributed by atoms with Crippen molar-refractivity contribution in [3.8, 4) is 0 Å². The third kappa shape index (κ3) is 10.3. The lowest BCUT2D eigenvalue weighted by atomic mass is 9.91. The van der Waals surface area contributed by atoms with Crippen molar-refractivity contribution in [2.75, 3.05) is 28.2 Å². The van der Waals surface area contributed by atoms with Gasteiger partial charge in [-0.1, -0.05) is 110 Å². The van der Waals surface area contributed by atoms with E-state index in [1.165, 1.54) is 0 Å². The van der Waals surface area contributed by atoms with Gasteiger partial charge in [-0.3, -0.25) is 14.4 Å². The number of anilines is 2. The summed E-state index contributed by atoms with van der Waals surface area (Å²) in [5.41, 5.74) is 5.08. The zero-order chi connectivity index (χ0) is 35.2. The number of carbonyl (C=O) groups excluding carboxylic acids is 3. The molecule has 8 heteroatoms. The third-order valence-corrected chi connectivity index (χ3v) is 8.59. The van der Waals surface area contributed by atoms with Crippen LogP contribution in [0.25, 0.3) is 0 Å². The molecule has 0 spiro atoms. The summed E-state index contributed by atoms with van der Waals surface area (Å²) in [4.78, 5) is 41.2. The molecule has 4 aromatic rings. The number of hydrogen-bond donors (Lipinski definition) is 1. The van der Waals surface area contributed by atoms with E-state index >= 15 is 0 Å². The molecule has 0 aliphatic carbocycles. The first-order chi connectivity index (χ1) is 23.7. The summed E-state index contributed by atoms with van der Waals surface area (Å²) in [6, 6.07) is 38.7. The number of hydrogen-bond acceptors (Lipinski definition) is 4. The molecule has 0 radical (unpaired) electrons. The van der Waals surface area contributed by atoms with E-state index in [4.69, 9.17) is 23.2 Å². The van der Waals surface area contributed by atoms with E-state index in [1.807, 2.05) is 121 Å². The van der Waals surface area contributed by atoms with Gasteiger partial charge >= 0.3 is 0 Å². The summed E-state index contributed by atoms with van der Waals surface area (Å²) in [5, 5.41) is 10.8. The van der Waals surface area contributed by atoms with Gasteiger partial charge in [-0.25, -0.2) is 0 Å². The van der Waals surface area contributed by atoms with Gasteiger partial charge in [0, 0.05) is 30.9 Å². The number of halogens is 2. The Balaban J connectivity index is 0.000000205. The average Bonchev–Trinajstić information content (AvgIpc) is 3.71. The molecule has 6 rings (SSSR count). The molecule has 6 nitrogen and oxygen atoms in total. The van der Waals surface area contributed by atoms with Crippen molar-refractivity contribution >= 4 is 52.2 Å². The number of rotatable bonds is 10. The Labute approximate surface area is 299 Å². The normalized spacial score (nSPS) is 17.4. The molecule has 2 heterocycles. The van der Waals surface area contributed by atoms with E-state index in [0.29, 0.717) is 49.9 Å². The van der Waals surface area contributed by atoms with Gasteiger partial charge in [-0.2, -0.15) is 0 Å². The maximum Gasteiger partial charge on any atom is 0.237 e. The minimum absolute atomic E-state index is 0.0158. The zero-order valence-corrected chi connectivity index (χ0v) is 29.0. The van der Waals surface area contributed by atoms with Gasteiger partial charge < -0.3 is 14.9 Å². The second-order valence-electron chi connectivity index (χ2n) is 11.9.